The Bertz CT molecular complexity index is 470. The van der Waals surface area contributed by atoms with Crippen LogP contribution in [0.1, 0.15) is 0 Å². The molecule has 4 heteroatoms. The summed E-state index contributed by atoms with van der Waals surface area (Å²) in [6, 6.07) is 6.84. The van der Waals surface area contributed by atoms with Crippen molar-refractivity contribution >= 4 is 42.8 Å². The summed E-state index contributed by atoms with van der Waals surface area (Å²) in [5.74, 6) is -0.314. The molecule has 0 amide bonds. The lowest BCUT2D eigenvalue weighted by Gasteiger charge is -1.99. The number of hydrogen-bond acceptors (Lipinski definition) is 1. The van der Waals surface area contributed by atoms with E-state index in [-0.39, 0.29) is 5.82 Å². The van der Waals surface area contributed by atoms with Crippen molar-refractivity contribution in [2.45, 2.75) is 0 Å². The first-order chi connectivity index (χ1) is 6.16. The van der Waals surface area contributed by atoms with Crippen molar-refractivity contribution in [2.75, 3.05) is 0 Å². The van der Waals surface area contributed by atoms with E-state index in [0.717, 1.165) is 9.86 Å². The second-order valence-electron chi connectivity index (χ2n) is 2.59. The van der Waals surface area contributed by atoms with Crippen molar-refractivity contribution in [3.05, 3.63) is 39.2 Å². The van der Waals surface area contributed by atoms with Crippen molar-refractivity contribution in [3.63, 3.8) is 0 Å². The average molecular weight is 305 g/mol. The molecule has 0 saturated heterocycles. The van der Waals surface area contributed by atoms with Gasteiger partial charge in [-0.3, -0.25) is 0 Å². The number of halogens is 3. The van der Waals surface area contributed by atoms with Crippen LogP contribution in [0.2, 0.25) is 0 Å². The Labute approximate surface area is 91.2 Å². The molecule has 1 aromatic heterocycles. The van der Waals surface area contributed by atoms with Crippen LogP contribution < -0.4 is 0 Å². The first-order valence-corrected chi connectivity index (χ1v) is 5.17. The van der Waals surface area contributed by atoms with Gasteiger partial charge in [0.2, 0.25) is 0 Å². The van der Waals surface area contributed by atoms with Crippen LogP contribution in [-0.2, 0) is 0 Å². The zero-order valence-corrected chi connectivity index (χ0v) is 9.56. The molecule has 2 aromatic rings. The monoisotopic (exact) mass is 303 g/mol. The number of benzene rings is 1. The zero-order chi connectivity index (χ0) is 9.42. The van der Waals surface area contributed by atoms with Gasteiger partial charge in [0.25, 0.3) is 0 Å². The molecule has 0 spiro atoms. The molecular weight excluding hydrogens is 301 g/mol. The van der Waals surface area contributed by atoms with Gasteiger partial charge in [0.05, 0.1) is 0 Å². The van der Waals surface area contributed by atoms with Crippen molar-refractivity contribution in [2.24, 2.45) is 0 Å². The number of pyridine rings is 1. The molecule has 0 radical (unpaired) electrons. The Morgan fingerprint density at radius 1 is 1.15 bits per heavy atom. The summed E-state index contributed by atoms with van der Waals surface area (Å²) in [6.07, 6.45) is 0. The van der Waals surface area contributed by atoms with Gasteiger partial charge in [-0.25, -0.2) is 9.37 Å². The molecule has 1 heterocycles. The normalized spacial score (nSPS) is 10.7. The van der Waals surface area contributed by atoms with Gasteiger partial charge in [-0.2, -0.15) is 0 Å². The topological polar surface area (TPSA) is 12.9 Å². The Morgan fingerprint density at radius 3 is 2.69 bits per heavy atom. The van der Waals surface area contributed by atoms with Gasteiger partial charge in [0.1, 0.15) is 10.1 Å². The van der Waals surface area contributed by atoms with Crippen LogP contribution in [0.25, 0.3) is 10.9 Å². The van der Waals surface area contributed by atoms with Crippen LogP contribution in [0.5, 0.6) is 0 Å². The van der Waals surface area contributed by atoms with E-state index in [2.05, 4.69) is 36.8 Å². The van der Waals surface area contributed by atoms with E-state index in [1.807, 2.05) is 12.1 Å². The van der Waals surface area contributed by atoms with Crippen molar-refractivity contribution in [1.29, 1.82) is 0 Å². The molecule has 13 heavy (non-hydrogen) atoms. The maximum Gasteiger partial charge on any atom is 0.150 e. The first-order valence-electron chi connectivity index (χ1n) is 3.58. The predicted molar refractivity (Wildman–Crippen MR) is 57.1 cm³/mol. The smallest absolute Gasteiger partial charge is 0.150 e. The average Bonchev–Trinajstić information content (AvgIpc) is 2.06. The lowest BCUT2D eigenvalue weighted by Crippen LogP contribution is -1.85. The standard InChI is InChI=1S/C9H4Br2FN/c10-6-3-5-1-2-8(11)13-9(5)7(12)4-6/h1-4H. The predicted octanol–water partition coefficient (Wildman–Crippen LogP) is 3.90. The molecule has 0 bridgehead atoms. The molecule has 0 fully saturated rings. The Hall–Kier alpha value is -0.480. The van der Waals surface area contributed by atoms with Gasteiger partial charge in [-0.1, -0.05) is 15.9 Å². The molecule has 66 valence electrons. The summed E-state index contributed by atoms with van der Waals surface area (Å²) < 4.78 is 14.7. The van der Waals surface area contributed by atoms with Crippen LogP contribution >= 0.6 is 31.9 Å². The van der Waals surface area contributed by atoms with Crippen LogP contribution in [0, 0.1) is 5.82 Å². The van der Waals surface area contributed by atoms with E-state index in [1.54, 1.807) is 6.07 Å². The van der Waals surface area contributed by atoms with Crippen molar-refractivity contribution in [3.8, 4) is 0 Å². The summed E-state index contributed by atoms with van der Waals surface area (Å²) in [4.78, 5) is 4.04. The van der Waals surface area contributed by atoms with E-state index in [1.165, 1.54) is 6.07 Å². The number of aromatic nitrogens is 1. The minimum atomic E-state index is -0.314. The minimum absolute atomic E-state index is 0.314. The summed E-state index contributed by atoms with van der Waals surface area (Å²) in [6.45, 7) is 0. The van der Waals surface area contributed by atoms with Crippen LogP contribution in [0.15, 0.2) is 33.3 Å². The highest BCUT2D eigenvalue weighted by Gasteiger charge is 2.03. The third-order valence-corrected chi connectivity index (χ3v) is 2.58. The maximum atomic E-state index is 13.3. The summed E-state index contributed by atoms with van der Waals surface area (Å²) >= 11 is 6.42. The highest BCUT2D eigenvalue weighted by atomic mass is 79.9. The lowest BCUT2D eigenvalue weighted by atomic mass is 10.2. The molecule has 1 aromatic carbocycles. The van der Waals surface area contributed by atoms with E-state index in [9.17, 15) is 4.39 Å². The molecule has 0 aliphatic carbocycles. The maximum absolute atomic E-state index is 13.3. The molecule has 0 saturated carbocycles. The third-order valence-electron chi connectivity index (χ3n) is 1.68. The number of nitrogens with zero attached hydrogens (tertiary/aromatic N) is 1. The quantitative estimate of drug-likeness (QED) is 0.673. The zero-order valence-electron chi connectivity index (χ0n) is 6.39. The summed E-state index contributed by atoms with van der Waals surface area (Å²) in [5.41, 5.74) is 0.387. The third kappa shape index (κ3) is 1.74. The first kappa shape index (κ1) is 9.09. The molecule has 2 rings (SSSR count). The number of rotatable bonds is 0. The van der Waals surface area contributed by atoms with Crippen LogP contribution in [-0.4, -0.2) is 4.98 Å². The number of fused-ring (bicyclic) bond motifs is 1. The molecule has 0 unspecified atom stereocenters. The fourth-order valence-electron chi connectivity index (χ4n) is 1.13. The van der Waals surface area contributed by atoms with E-state index < -0.39 is 0 Å². The molecular formula is C9H4Br2FN. The minimum Gasteiger partial charge on any atom is -0.238 e. The summed E-state index contributed by atoms with van der Waals surface area (Å²) in [7, 11) is 0. The van der Waals surface area contributed by atoms with Crippen molar-refractivity contribution < 1.29 is 4.39 Å². The summed E-state index contributed by atoms with van der Waals surface area (Å²) in [5, 5.41) is 0.787. The molecule has 0 aliphatic rings. The van der Waals surface area contributed by atoms with Crippen LogP contribution in [0.4, 0.5) is 4.39 Å². The van der Waals surface area contributed by atoms with E-state index in [4.69, 9.17) is 0 Å². The Kier molecular flexibility index (Phi) is 2.34. The van der Waals surface area contributed by atoms with Crippen LogP contribution in [0.3, 0.4) is 0 Å². The second-order valence-corrected chi connectivity index (χ2v) is 4.32. The highest BCUT2D eigenvalue weighted by Crippen LogP contribution is 2.23. The largest absolute Gasteiger partial charge is 0.238 e. The van der Waals surface area contributed by atoms with Gasteiger partial charge >= 0.3 is 0 Å². The Morgan fingerprint density at radius 2 is 1.92 bits per heavy atom. The number of hydrogen-bond donors (Lipinski definition) is 0. The lowest BCUT2D eigenvalue weighted by molar-refractivity contribution is 0.636. The Balaban J connectivity index is 2.87. The van der Waals surface area contributed by atoms with E-state index in [0.29, 0.717) is 10.1 Å². The van der Waals surface area contributed by atoms with Gasteiger partial charge in [0, 0.05) is 9.86 Å². The van der Waals surface area contributed by atoms with Gasteiger partial charge in [-0.15, -0.1) is 0 Å². The fraction of sp³-hybridized carbons (Fsp3) is 0. The van der Waals surface area contributed by atoms with Crippen molar-refractivity contribution in [1.82, 2.24) is 4.98 Å². The second kappa shape index (κ2) is 3.35. The SMILES string of the molecule is Fc1cc(Br)cc2ccc(Br)nc12. The van der Waals surface area contributed by atoms with E-state index >= 15 is 0 Å². The fourth-order valence-corrected chi connectivity index (χ4v) is 1.89. The molecule has 0 aliphatic heterocycles. The molecule has 0 N–H and O–H groups in total. The van der Waals surface area contributed by atoms with Gasteiger partial charge in [-0.05, 0) is 40.2 Å². The molecule has 0 atom stereocenters. The van der Waals surface area contributed by atoms with Gasteiger partial charge in [0.15, 0.2) is 5.82 Å². The molecule has 1 nitrogen and oxygen atoms in total. The highest BCUT2D eigenvalue weighted by molar-refractivity contribution is 9.10. The van der Waals surface area contributed by atoms with Gasteiger partial charge < -0.3 is 0 Å².